The summed E-state index contributed by atoms with van der Waals surface area (Å²) < 4.78 is 100. The number of halogens is 6. The molecule has 0 aliphatic heterocycles. The molecule has 1 amide bonds. The summed E-state index contributed by atoms with van der Waals surface area (Å²) in [6, 6.07) is 8.10. The molecule has 0 saturated heterocycles. The summed E-state index contributed by atoms with van der Waals surface area (Å²) in [5.41, 5.74) is -8.60. The van der Waals surface area contributed by atoms with Crippen LogP contribution < -0.4 is 5.32 Å². The lowest BCUT2D eigenvalue weighted by atomic mass is 9.98. The molecule has 0 radical (unpaired) electrons. The molecule has 2 aromatic heterocycles. The molecule has 0 unspecified atom stereocenters. The Balaban J connectivity index is 2.19. The highest BCUT2D eigenvalue weighted by Crippen LogP contribution is 2.46. The monoisotopic (exact) mass is 604 g/mol. The molecule has 1 atom stereocenters. The molecule has 0 spiro atoms. The van der Waals surface area contributed by atoms with E-state index in [1.54, 1.807) is 18.2 Å². The van der Waals surface area contributed by atoms with Gasteiger partial charge in [0, 0.05) is 6.42 Å². The number of nitrogens with zero attached hydrogens (tertiary/aromatic N) is 3. The Morgan fingerprint density at radius 2 is 1.74 bits per heavy atom. The van der Waals surface area contributed by atoms with Crippen molar-refractivity contribution in [2.24, 2.45) is 0 Å². The topological polar surface area (TPSA) is 140 Å². The summed E-state index contributed by atoms with van der Waals surface area (Å²) in [6.07, 6.45) is -14.4. The lowest BCUT2D eigenvalue weighted by molar-refractivity contribution is -0.295. The number of amides is 1. The van der Waals surface area contributed by atoms with Gasteiger partial charge in [0.25, 0.3) is 11.8 Å². The number of pyridine rings is 1. The minimum absolute atomic E-state index is 0.275. The van der Waals surface area contributed by atoms with Crippen LogP contribution in [0.1, 0.15) is 56.2 Å². The van der Waals surface area contributed by atoms with E-state index in [2.05, 4.69) is 21.8 Å². The minimum Gasteiger partial charge on any atom is -0.444 e. The summed E-state index contributed by atoms with van der Waals surface area (Å²) >= 11 is 0. The maximum absolute atomic E-state index is 14.5. The Kier molecular flexibility index (Phi) is 9.34. The smallest absolute Gasteiger partial charge is 0.426 e. The van der Waals surface area contributed by atoms with Gasteiger partial charge in [-0.1, -0.05) is 36.4 Å². The second-order valence-corrected chi connectivity index (χ2v) is 9.82. The lowest BCUT2D eigenvalue weighted by Crippen LogP contribution is -2.45. The van der Waals surface area contributed by atoms with Gasteiger partial charge in [0.05, 0.1) is 17.9 Å². The number of carbonyl (C=O) groups is 1. The van der Waals surface area contributed by atoms with E-state index >= 15 is 0 Å². The molecule has 3 N–H and O–H groups in total. The molecule has 16 heteroatoms. The first kappa shape index (κ1) is 32.5. The van der Waals surface area contributed by atoms with Gasteiger partial charge in [0.2, 0.25) is 5.60 Å². The van der Waals surface area contributed by atoms with E-state index in [1.165, 1.54) is 32.9 Å². The molecule has 1 aromatic carbocycles. The fraction of sp³-hybridized carbons (Fsp3) is 0.385. The largest absolute Gasteiger partial charge is 0.444 e. The Hall–Kier alpha value is -4.02. The Morgan fingerprint density at radius 1 is 1.10 bits per heavy atom. The maximum Gasteiger partial charge on any atom is 0.426 e. The van der Waals surface area contributed by atoms with Crippen molar-refractivity contribution in [1.29, 1.82) is 0 Å². The molecular formula is C26H26F6N4O6. The van der Waals surface area contributed by atoms with Crippen LogP contribution in [-0.2, 0) is 27.9 Å². The number of anilines is 1. The van der Waals surface area contributed by atoms with Gasteiger partial charge in [-0.2, -0.15) is 26.3 Å². The fourth-order valence-electron chi connectivity index (χ4n) is 3.62. The number of alkyl halides is 6. The Morgan fingerprint density at radius 3 is 2.26 bits per heavy atom. The van der Waals surface area contributed by atoms with Crippen molar-refractivity contribution in [1.82, 2.24) is 15.2 Å². The highest BCUT2D eigenvalue weighted by atomic mass is 19.4. The zero-order chi connectivity index (χ0) is 31.5. The number of carbonyl (C=O) groups excluding carboxylic acids is 1. The van der Waals surface area contributed by atoms with E-state index < -0.39 is 83.4 Å². The third-order valence-corrected chi connectivity index (χ3v) is 5.43. The number of hydrogen-bond acceptors (Lipinski definition) is 9. The number of rotatable bonds is 9. The van der Waals surface area contributed by atoms with E-state index in [0.717, 1.165) is 6.08 Å². The molecule has 228 valence electrons. The first-order valence-corrected chi connectivity index (χ1v) is 12.1. The van der Waals surface area contributed by atoms with E-state index in [1.807, 2.05) is 5.32 Å². The second kappa shape index (κ2) is 12.1. The molecule has 2 heterocycles. The summed E-state index contributed by atoms with van der Waals surface area (Å²) in [5, 5.41) is 28.1. The van der Waals surface area contributed by atoms with Gasteiger partial charge in [-0.3, -0.25) is 5.32 Å². The van der Waals surface area contributed by atoms with E-state index in [9.17, 15) is 41.4 Å². The molecule has 0 bridgehead atoms. The molecular weight excluding hydrogens is 578 g/mol. The number of aliphatic hydroxyl groups excluding tert-OH is 1. The number of aliphatic hydroxyl groups is 2. The molecule has 0 aliphatic carbocycles. The average molecular weight is 605 g/mol. The van der Waals surface area contributed by atoms with E-state index in [4.69, 9.17) is 13.9 Å². The number of ether oxygens (including phenoxy) is 2. The normalized spacial score (nSPS) is 14.0. The Bertz CT molecular complexity index is 1400. The SMILES string of the molecule is C=CC[C@@](OCc1ccccc1)(c1nnc(-c2nc(C(O)O)c(C(F)(F)F)cc2NC(=O)OC(C)(C)C)o1)C(F)(F)F. The zero-order valence-corrected chi connectivity index (χ0v) is 22.4. The molecule has 0 aliphatic rings. The van der Waals surface area contributed by atoms with Crippen molar-refractivity contribution in [3.05, 3.63) is 71.8 Å². The van der Waals surface area contributed by atoms with Crippen molar-refractivity contribution in [3.63, 3.8) is 0 Å². The first-order chi connectivity index (χ1) is 19.4. The highest BCUT2D eigenvalue weighted by molar-refractivity contribution is 5.89. The summed E-state index contributed by atoms with van der Waals surface area (Å²) in [4.78, 5) is 15.9. The van der Waals surface area contributed by atoms with Crippen LogP contribution in [0.4, 0.5) is 36.8 Å². The first-order valence-electron chi connectivity index (χ1n) is 12.1. The summed E-state index contributed by atoms with van der Waals surface area (Å²) in [5.74, 6) is -2.07. The van der Waals surface area contributed by atoms with Crippen LogP contribution in [0.5, 0.6) is 0 Å². The lowest BCUT2D eigenvalue weighted by Gasteiger charge is -2.31. The number of benzene rings is 1. The summed E-state index contributed by atoms with van der Waals surface area (Å²) in [6.45, 7) is 7.18. The van der Waals surface area contributed by atoms with Crippen LogP contribution in [0, 0.1) is 0 Å². The van der Waals surface area contributed by atoms with Crippen molar-refractivity contribution in [3.8, 4) is 11.6 Å². The van der Waals surface area contributed by atoms with Gasteiger partial charge >= 0.3 is 18.4 Å². The van der Waals surface area contributed by atoms with Crippen LogP contribution in [0.15, 0.2) is 53.5 Å². The van der Waals surface area contributed by atoms with Gasteiger partial charge in [-0.25, -0.2) is 9.78 Å². The highest BCUT2D eigenvalue weighted by Gasteiger charge is 2.61. The third-order valence-electron chi connectivity index (χ3n) is 5.43. The fourth-order valence-corrected chi connectivity index (χ4v) is 3.62. The van der Waals surface area contributed by atoms with E-state index in [-0.39, 0.29) is 6.07 Å². The number of aromatic nitrogens is 3. The standard InChI is InChI=1S/C26H26F6N4O6/c1-5-11-24(26(30,31)32,40-13-14-9-7-6-8-10-14)21-36-35-19(41-21)18-16(33-22(39)42-23(2,3)4)12-15(25(27,28)29)17(34-18)20(37)38/h5-10,12,20,37-38H,1,11,13H2,2-4H3,(H,33,39)/t24-/m1/s1. The van der Waals surface area contributed by atoms with Crippen molar-refractivity contribution in [2.45, 2.75) is 63.6 Å². The minimum atomic E-state index is -5.20. The summed E-state index contributed by atoms with van der Waals surface area (Å²) in [7, 11) is 0. The van der Waals surface area contributed by atoms with Gasteiger partial charge in [0.1, 0.15) is 11.3 Å². The van der Waals surface area contributed by atoms with Gasteiger partial charge < -0.3 is 24.1 Å². The van der Waals surface area contributed by atoms with E-state index in [0.29, 0.717) is 5.56 Å². The van der Waals surface area contributed by atoms with Crippen molar-refractivity contribution >= 4 is 11.8 Å². The molecule has 3 rings (SSSR count). The predicted molar refractivity (Wildman–Crippen MR) is 133 cm³/mol. The van der Waals surface area contributed by atoms with Gasteiger partial charge in [-0.05, 0) is 32.4 Å². The quantitative estimate of drug-likeness (QED) is 0.152. The van der Waals surface area contributed by atoms with Crippen LogP contribution in [0.2, 0.25) is 0 Å². The molecule has 3 aromatic rings. The second-order valence-electron chi connectivity index (χ2n) is 9.82. The van der Waals surface area contributed by atoms with Crippen molar-refractivity contribution in [2.75, 3.05) is 5.32 Å². The molecule has 10 nitrogen and oxygen atoms in total. The van der Waals surface area contributed by atoms with Crippen LogP contribution >= 0.6 is 0 Å². The third kappa shape index (κ3) is 7.43. The number of nitrogens with one attached hydrogen (secondary N) is 1. The molecule has 0 fully saturated rings. The average Bonchev–Trinajstić information content (AvgIpc) is 3.34. The van der Waals surface area contributed by atoms with Gasteiger partial charge in [-0.15, -0.1) is 16.8 Å². The molecule has 0 saturated carbocycles. The number of hydrogen-bond donors (Lipinski definition) is 3. The Labute approximate surface area is 235 Å². The van der Waals surface area contributed by atoms with Gasteiger partial charge in [0.15, 0.2) is 12.0 Å². The zero-order valence-electron chi connectivity index (χ0n) is 22.4. The van der Waals surface area contributed by atoms with Crippen LogP contribution in [0.25, 0.3) is 11.6 Å². The van der Waals surface area contributed by atoms with Crippen molar-refractivity contribution < 1.29 is 55.2 Å². The van der Waals surface area contributed by atoms with Crippen LogP contribution in [-0.4, -0.2) is 43.3 Å². The van der Waals surface area contributed by atoms with Crippen LogP contribution in [0.3, 0.4) is 0 Å². The maximum atomic E-state index is 14.5. The molecule has 42 heavy (non-hydrogen) atoms. The predicted octanol–water partition coefficient (Wildman–Crippen LogP) is 6.03.